The molecule has 2 fully saturated rings. The van der Waals surface area contributed by atoms with Gasteiger partial charge in [-0.25, -0.2) is 4.57 Å². The Kier molecular flexibility index (Phi) is 4.39. The van der Waals surface area contributed by atoms with Crippen LogP contribution >= 0.6 is 20.0 Å². The Morgan fingerprint density at radius 3 is 3.09 bits per heavy atom. The van der Waals surface area contributed by atoms with Crippen LogP contribution in [0.3, 0.4) is 0 Å². The fourth-order valence-electron chi connectivity index (χ4n) is 2.77. The van der Waals surface area contributed by atoms with Crippen molar-refractivity contribution in [2.24, 2.45) is 0 Å². The van der Waals surface area contributed by atoms with E-state index in [1.54, 1.807) is 31.0 Å². The summed E-state index contributed by atoms with van der Waals surface area (Å²) in [4.78, 5) is 1.57. The standard InChI is InChI=1S/C13H19N2O6PS/c1-4-18-22(17)19-7-9-10(21-22)13(3,16)11(20-9)15-6-5-8(2)14-12(15)23/h5-6,9-11,16H,2,4,7H2,1,3H3,(H,14,23)/t9-,10?,11-,13-,22?/m1/s1. The maximum atomic E-state index is 12.3. The summed E-state index contributed by atoms with van der Waals surface area (Å²) in [6.45, 7) is 7.16. The zero-order chi connectivity index (χ0) is 16.8. The molecule has 0 spiro atoms. The zero-order valence-corrected chi connectivity index (χ0v) is 14.5. The van der Waals surface area contributed by atoms with Crippen LogP contribution in [-0.2, 0) is 22.9 Å². The van der Waals surface area contributed by atoms with Crippen LogP contribution in [0.1, 0.15) is 13.8 Å². The average Bonchev–Trinajstić information content (AvgIpc) is 2.71. The molecule has 0 bridgehead atoms. The number of nitrogens with zero attached hydrogens (tertiary/aromatic N) is 1. The summed E-state index contributed by atoms with van der Waals surface area (Å²) in [5.74, 6) is 0. The highest BCUT2D eigenvalue weighted by atomic mass is 32.1. The number of phosphoric ester groups is 1. The minimum atomic E-state index is -3.69. The van der Waals surface area contributed by atoms with E-state index in [0.717, 1.165) is 0 Å². The van der Waals surface area contributed by atoms with E-state index in [-0.39, 0.29) is 13.2 Å². The number of phosphoric acid groups is 1. The molecular weight excluding hydrogens is 343 g/mol. The maximum absolute atomic E-state index is 12.3. The molecule has 0 saturated carbocycles. The fourth-order valence-corrected chi connectivity index (χ4v) is 4.52. The van der Waals surface area contributed by atoms with E-state index < -0.39 is 31.9 Å². The molecule has 2 N–H and O–H groups in total. The Hall–Kier alpha value is -0.800. The van der Waals surface area contributed by atoms with Crippen LogP contribution in [0.2, 0.25) is 0 Å². The number of nitrogens with one attached hydrogen (secondary N) is 1. The van der Waals surface area contributed by atoms with Gasteiger partial charge in [-0.3, -0.25) is 18.5 Å². The Bertz CT molecular complexity index is 609. The van der Waals surface area contributed by atoms with Crippen LogP contribution in [0, 0.1) is 0 Å². The number of fused-ring (bicyclic) bond motifs is 1. The van der Waals surface area contributed by atoms with Gasteiger partial charge in [0.05, 0.1) is 13.2 Å². The van der Waals surface area contributed by atoms with Crippen LogP contribution in [0.25, 0.3) is 0 Å². The van der Waals surface area contributed by atoms with Crippen LogP contribution in [0.4, 0.5) is 0 Å². The molecule has 23 heavy (non-hydrogen) atoms. The summed E-state index contributed by atoms with van der Waals surface area (Å²) in [5.41, 5.74) is -0.836. The Morgan fingerprint density at radius 1 is 1.70 bits per heavy atom. The van der Waals surface area contributed by atoms with Crippen molar-refractivity contribution < 1.29 is 28.0 Å². The lowest BCUT2D eigenvalue weighted by molar-refractivity contribution is -0.0961. The van der Waals surface area contributed by atoms with Gasteiger partial charge < -0.3 is 15.2 Å². The Morgan fingerprint density at radius 2 is 2.43 bits per heavy atom. The lowest BCUT2D eigenvalue weighted by Crippen LogP contribution is -2.56. The van der Waals surface area contributed by atoms with Crippen molar-refractivity contribution in [2.45, 2.75) is 37.9 Å². The summed E-state index contributed by atoms with van der Waals surface area (Å²) in [5, 5.41) is 14.2. The van der Waals surface area contributed by atoms with Gasteiger partial charge in [-0.05, 0) is 32.1 Å². The van der Waals surface area contributed by atoms with E-state index in [2.05, 4.69) is 11.9 Å². The molecule has 2 unspecified atom stereocenters. The molecule has 0 radical (unpaired) electrons. The van der Waals surface area contributed by atoms with Gasteiger partial charge >= 0.3 is 7.82 Å². The van der Waals surface area contributed by atoms with Crippen molar-refractivity contribution in [3.8, 4) is 0 Å². The first-order valence-electron chi connectivity index (χ1n) is 7.18. The molecule has 0 aromatic heterocycles. The first kappa shape index (κ1) is 17.0. The van der Waals surface area contributed by atoms with E-state index in [0.29, 0.717) is 10.8 Å². The smallest absolute Gasteiger partial charge is 0.383 e. The predicted molar refractivity (Wildman–Crippen MR) is 85.2 cm³/mol. The monoisotopic (exact) mass is 362 g/mol. The van der Waals surface area contributed by atoms with Crippen LogP contribution < -0.4 is 5.32 Å². The normalized spacial score (nSPS) is 43.4. The molecule has 3 aliphatic rings. The van der Waals surface area contributed by atoms with Crippen LogP contribution in [0.5, 0.6) is 0 Å². The molecule has 128 valence electrons. The van der Waals surface area contributed by atoms with Crippen molar-refractivity contribution in [2.75, 3.05) is 13.2 Å². The first-order valence-corrected chi connectivity index (χ1v) is 9.05. The summed E-state index contributed by atoms with van der Waals surface area (Å²) < 4.78 is 33.8. The number of hydrogen-bond acceptors (Lipinski definition) is 7. The van der Waals surface area contributed by atoms with Crippen LogP contribution in [0.15, 0.2) is 24.6 Å². The number of thiocarbonyl (C=S) groups is 1. The van der Waals surface area contributed by atoms with Gasteiger partial charge in [-0.1, -0.05) is 6.58 Å². The van der Waals surface area contributed by atoms with Crippen LogP contribution in [-0.4, -0.2) is 52.4 Å². The molecule has 5 atom stereocenters. The predicted octanol–water partition coefficient (Wildman–Crippen LogP) is 1.24. The van der Waals surface area contributed by atoms with Gasteiger partial charge in [0.2, 0.25) is 0 Å². The van der Waals surface area contributed by atoms with E-state index >= 15 is 0 Å². The number of allylic oxidation sites excluding steroid dienone is 1. The quantitative estimate of drug-likeness (QED) is 0.568. The molecule has 2 saturated heterocycles. The first-order chi connectivity index (χ1) is 10.8. The van der Waals surface area contributed by atoms with Gasteiger partial charge in [-0.2, -0.15) is 0 Å². The highest BCUT2D eigenvalue weighted by Crippen LogP contribution is 2.57. The van der Waals surface area contributed by atoms with Crippen molar-refractivity contribution >= 4 is 25.2 Å². The molecule has 3 heterocycles. The second kappa shape index (κ2) is 5.93. The lowest BCUT2D eigenvalue weighted by Gasteiger charge is -2.38. The highest BCUT2D eigenvalue weighted by molar-refractivity contribution is 7.80. The van der Waals surface area contributed by atoms with Crippen molar-refractivity contribution in [1.29, 1.82) is 0 Å². The van der Waals surface area contributed by atoms with Gasteiger partial charge in [0.1, 0.15) is 17.8 Å². The van der Waals surface area contributed by atoms with E-state index in [4.69, 9.17) is 30.5 Å². The molecule has 10 heteroatoms. The lowest BCUT2D eigenvalue weighted by atomic mass is 9.96. The molecule has 0 amide bonds. The Balaban J connectivity index is 1.84. The van der Waals surface area contributed by atoms with Gasteiger partial charge in [0.25, 0.3) is 0 Å². The maximum Gasteiger partial charge on any atom is 0.475 e. The molecular formula is C13H19N2O6PS. The fraction of sp³-hybridized carbons (Fsp3) is 0.615. The SMILES string of the molecule is C=C1C=CN([C@@H]2O[C@@H]3COP(=O)(OCC)OC3[C@@]2(C)O)C(=S)N1. The molecule has 0 aromatic rings. The van der Waals surface area contributed by atoms with E-state index in [9.17, 15) is 9.67 Å². The molecule has 0 aliphatic carbocycles. The minimum absolute atomic E-state index is 0.000945. The third kappa shape index (κ3) is 2.98. The largest absolute Gasteiger partial charge is 0.475 e. The summed E-state index contributed by atoms with van der Waals surface area (Å²) >= 11 is 5.26. The van der Waals surface area contributed by atoms with E-state index in [1.807, 2.05) is 0 Å². The van der Waals surface area contributed by atoms with Gasteiger partial charge in [0, 0.05) is 11.9 Å². The molecule has 8 nitrogen and oxygen atoms in total. The summed E-state index contributed by atoms with van der Waals surface area (Å²) in [7, 11) is -3.69. The topological polar surface area (TPSA) is 89.5 Å². The molecule has 0 aromatic carbocycles. The molecule has 3 rings (SSSR count). The van der Waals surface area contributed by atoms with Gasteiger partial charge in [0.15, 0.2) is 11.3 Å². The zero-order valence-electron chi connectivity index (χ0n) is 12.8. The third-order valence-corrected chi connectivity index (χ3v) is 5.67. The van der Waals surface area contributed by atoms with Gasteiger partial charge in [-0.15, -0.1) is 0 Å². The van der Waals surface area contributed by atoms with Crippen molar-refractivity contribution in [3.63, 3.8) is 0 Å². The van der Waals surface area contributed by atoms with Crippen molar-refractivity contribution in [3.05, 3.63) is 24.6 Å². The van der Waals surface area contributed by atoms with Crippen molar-refractivity contribution in [1.82, 2.24) is 10.2 Å². The number of ether oxygens (including phenoxy) is 1. The molecule has 3 aliphatic heterocycles. The summed E-state index contributed by atoms with van der Waals surface area (Å²) in [6, 6.07) is 0. The van der Waals surface area contributed by atoms with E-state index in [1.165, 1.54) is 0 Å². The highest BCUT2D eigenvalue weighted by Gasteiger charge is 2.61. The number of hydrogen-bond donors (Lipinski definition) is 2. The second-order valence-corrected chi connectivity index (χ2v) is 7.63. The average molecular weight is 362 g/mol. The number of aliphatic hydroxyl groups is 1. The second-order valence-electron chi connectivity index (χ2n) is 5.62. The minimum Gasteiger partial charge on any atom is -0.383 e. The number of rotatable bonds is 3. The Labute approximate surface area is 139 Å². The summed E-state index contributed by atoms with van der Waals surface area (Å²) in [6.07, 6.45) is 1.11. The third-order valence-electron chi connectivity index (χ3n) is 3.84.